The Balaban J connectivity index is 1.71. The summed E-state index contributed by atoms with van der Waals surface area (Å²) in [6.07, 6.45) is 3.34. The van der Waals surface area contributed by atoms with Crippen molar-refractivity contribution in [3.8, 4) is 5.75 Å². The van der Waals surface area contributed by atoms with E-state index in [0.29, 0.717) is 24.4 Å². The molecule has 112 valence electrons. The van der Waals surface area contributed by atoms with Crippen LogP contribution in [0.4, 0.5) is 0 Å². The molecule has 2 aromatic rings. The summed E-state index contributed by atoms with van der Waals surface area (Å²) in [6.45, 7) is 5.37. The molecule has 1 atom stereocenters. The Hall–Kier alpha value is -1.88. The van der Waals surface area contributed by atoms with Gasteiger partial charge in [-0.2, -0.15) is 4.98 Å². The highest BCUT2D eigenvalue weighted by molar-refractivity contribution is 5.45. The predicted molar refractivity (Wildman–Crippen MR) is 79.2 cm³/mol. The topological polar surface area (TPSA) is 60.2 Å². The van der Waals surface area contributed by atoms with Gasteiger partial charge in [0.05, 0.1) is 0 Å². The van der Waals surface area contributed by atoms with Crippen LogP contribution in [0.1, 0.15) is 48.6 Å². The summed E-state index contributed by atoms with van der Waals surface area (Å²) in [5, 5.41) is 7.45. The van der Waals surface area contributed by atoms with E-state index in [-0.39, 0.29) is 0 Å². The van der Waals surface area contributed by atoms with Crippen molar-refractivity contribution in [1.82, 2.24) is 15.5 Å². The van der Waals surface area contributed by atoms with Crippen molar-refractivity contribution in [2.45, 2.75) is 45.8 Å². The highest BCUT2D eigenvalue weighted by Gasteiger charge is 2.24. The van der Waals surface area contributed by atoms with Crippen molar-refractivity contribution in [3.63, 3.8) is 0 Å². The average Bonchev–Trinajstić information content (AvgIpc) is 3.09. The quantitative estimate of drug-likeness (QED) is 0.885. The lowest BCUT2D eigenvalue weighted by Crippen LogP contribution is -2.19. The maximum atomic E-state index is 5.89. The number of ether oxygens (including phenoxy) is 1. The van der Waals surface area contributed by atoms with E-state index < -0.39 is 0 Å². The fourth-order valence-corrected chi connectivity index (χ4v) is 2.83. The van der Waals surface area contributed by atoms with Gasteiger partial charge in [0.25, 0.3) is 0 Å². The number of fused-ring (bicyclic) bond motifs is 1. The van der Waals surface area contributed by atoms with Crippen LogP contribution in [-0.2, 0) is 13.0 Å². The van der Waals surface area contributed by atoms with Gasteiger partial charge in [0.15, 0.2) is 6.61 Å². The summed E-state index contributed by atoms with van der Waals surface area (Å²) in [7, 11) is 0. The third kappa shape index (κ3) is 3.08. The van der Waals surface area contributed by atoms with E-state index in [0.717, 1.165) is 31.6 Å². The maximum Gasteiger partial charge on any atom is 0.223 e. The number of aryl methyl sites for hydroxylation is 1. The number of benzene rings is 1. The predicted octanol–water partition coefficient (Wildman–Crippen LogP) is 2.94. The van der Waals surface area contributed by atoms with Gasteiger partial charge in [0, 0.05) is 13.0 Å². The first kappa shape index (κ1) is 14.1. The van der Waals surface area contributed by atoms with E-state index in [2.05, 4.69) is 34.5 Å². The molecule has 5 heteroatoms. The minimum absolute atomic E-state index is 0.348. The second-order valence-electron chi connectivity index (χ2n) is 5.39. The van der Waals surface area contributed by atoms with Gasteiger partial charge in [-0.05, 0) is 43.0 Å². The molecule has 0 saturated carbocycles. The molecular weight excluding hydrogens is 266 g/mol. The van der Waals surface area contributed by atoms with Gasteiger partial charge in [-0.1, -0.05) is 24.2 Å². The first-order valence-corrected chi connectivity index (χ1v) is 7.55. The maximum absolute atomic E-state index is 5.89. The zero-order valence-corrected chi connectivity index (χ0v) is 12.6. The third-order valence-electron chi connectivity index (χ3n) is 3.79. The first-order valence-electron chi connectivity index (χ1n) is 7.55. The van der Waals surface area contributed by atoms with E-state index in [4.69, 9.17) is 9.26 Å². The van der Waals surface area contributed by atoms with Crippen molar-refractivity contribution in [3.05, 3.63) is 41.0 Å². The molecule has 0 amide bonds. The molecule has 0 fully saturated rings. The monoisotopic (exact) mass is 287 g/mol. The molecule has 1 aromatic carbocycles. The number of aromatic nitrogens is 2. The van der Waals surface area contributed by atoms with E-state index in [9.17, 15) is 0 Å². The van der Waals surface area contributed by atoms with E-state index >= 15 is 0 Å². The number of hydrogen-bond donors (Lipinski definition) is 1. The lowest BCUT2D eigenvalue weighted by atomic mass is 10.1. The Kier molecular flexibility index (Phi) is 4.20. The number of rotatable bonds is 6. The van der Waals surface area contributed by atoms with Crippen molar-refractivity contribution in [2.24, 2.45) is 0 Å². The molecule has 1 N–H and O–H groups in total. The molecule has 1 aliphatic carbocycles. The van der Waals surface area contributed by atoms with Crippen molar-refractivity contribution >= 4 is 0 Å². The zero-order valence-electron chi connectivity index (χ0n) is 12.6. The average molecular weight is 287 g/mol. The van der Waals surface area contributed by atoms with E-state index in [1.54, 1.807) is 6.92 Å². The molecule has 5 nitrogen and oxygen atoms in total. The van der Waals surface area contributed by atoms with Crippen LogP contribution in [0.3, 0.4) is 0 Å². The smallest absolute Gasteiger partial charge is 0.223 e. The summed E-state index contributed by atoms with van der Waals surface area (Å²) >= 11 is 0. The Morgan fingerprint density at radius 1 is 1.43 bits per heavy atom. The van der Waals surface area contributed by atoms with E-state index in [1.807, 2.05) is 6.07 Å². The summed E-state index contributed by atoms with van der Waals surface area (Å²) < 4.78 is 10.8. The van der Waals surface area contributed by atoms with Crippen LogP contribution in [-0.4, -0.2) is 16.7 Å². The number of hydrogen-bond acceptors (Lipinski definition) is 5. The molecule has 0 aliphatic heterocycles. The van der Waals surface area contributed by atoms with Crippen molar-refractivity contribution in [2.75, 3.05) is 6.54 Å². The Bertz CT molecular complexity index is 609. The summed E-state index contributed by atoms with van der Waals surface area (Å²) in [5.74, 6) is 2.09. The highest BCUT2D eigenvalue weighted by atomic mass is 16.5. The van der Waals surface area contributed by atoms with Crippen LogP contribution < -0.4 is 10.1 Å². The Labute approximate surface area is 124 Å². The lowest BCUT2D eigenvalue weighted by Gasteiger charge is -2.14. The van der Waals surface area contributed by atoms with Gasteiger partial charge in [-0.3, -0.25) is 0 Å². The van der Waals surface area contributed by atoms with Gasteiger partial charge < -0.3 is 14.6 Å². The zero-order chi connectivity index (χ0) is 14.7. The number of nitrogens with zero attached hydrogens (tertiary/aromatic N) is 2. The minimum atomic E-state index is 0.348. The van der Waals surface area contributed by atoms with Crippen molar-refractivity contribution < 1.29 is 9.26 Å². The van der Waals surface area contributed by atoms with Crippen LogP contribution >= 0.6 is 0 Å². The second-order valence-corrected chi connectivity index (χ2v) is 5.39. The van der Waals surface area contributed by atoms with Crippen LogP contribution in [0.5, 0.6) is 5.75 Å². The van der Waals surface area contributed by atoms with Crippen LogP contribution in [0.15, 0.2) is 22.7 Å². The van der Waals surface area contributed by atoms with Crippen LogP contribution in [0.2, 0.25) is 0 Å². The normalized spacial score (nSPS) is 17.0. The van der Waals surface area contributed by atoms with Crippen LogP contribution in [0, 0.1) is 6.92 Å². The second kappa shape index (κ2) is 6.26. The molecule has 21 heavy (non-hydrogen) atoms. The van der Waals surface area contributed by atoms with Gasteiger partial charge in [0.1, 0.15) is 5.75 Å². The highest BCUT2D eigenvalue weighted by Crippen LogP contribution is 2.37. The molecular formula is C16H21N3O2. The molecule has 1 unspecified atom stereocenters. The fourth-order valence-electron chi connectivity index (χ4n) is 2.83. The Morgan fingerprint density at radius 2 is 2.33 bits per heavy atom. The minimum Gasteiger partial charge on any atom is -0.485 e. The summed E-state index contributed by atoms with van der Waals surface area (Å²) in [6, 6.07) is 6.73. The molecule has 0 radical (unpaired) electrons. The van der Waals surface area contributed by atoms with Gasteiger partial charge in [-0.25, -0.2) is 0 Å². The molecule has 1 heterocycles. The molecule has 1 aliphatic rings. The third-order valence-corrected chi connectivity index (χ3v) is 3.79. The van der Waals surface area contributed by atoms with Crippen LogP contribution in [0.25, 0.3) is 0 Å². The number of nitrogens with one attached hydrogen (secondary N) is 1. The van der Waals surface area contributed by atoms with Gasteiger partial charge in [-0.15, -0.1) is 0 Å². The summed E-state index contributed by atoms with van der Waals surface area (Å²) in [5.41, 5.74) is 2.68. The largest absolute Gasteiger partial charge is 0.485 e. The lowest BCUT2D eigenvalue weighted by molar-refractivity contribution is 0.283. The standard InChI is InChI=1S/C16H21N3O2/c1-3-9-17-14-8-7-13-12(14)5-4-6-15(13)20-10-16-18-11(2)21-19-16/h4-6,14,17H,3,7-10H2,1-2H3. The molecule has 0 spiro atoms. The van der Waals surface area contributed by atoms with Gasteiger partial charge in [0.2, 0.25) is 11.7 Å². The Morgan fingerprint density at radius 3 is 3.10 bits per heavy atom. The SMILES string of the molecule is CCCNC1CCc2c(OCc3noc(C)n3)cccc21. The molecule has 1 aromatic heterocycles. The molecule has 0 saturated heterocycles. The fraction of sp³-hybridized carbons (Fsp3) is 0.500. The summed E-state index contributed by atoms with van der Waals surface area (Å²) in [4.78, 5) is 4.16. The van der Waals surface area contributed by atoms with E-state index in [1.165, 1.54) is 11.1 Å². The van der Waals surface area contributed by atoms with Gasteiger partial charge >= 0.3 is 0 Å². The molecule has 3 rings (SSSR count). The molecule has 0 bridgehead atoms. The first-order chi connectivity index (χ1) is 10.3. The van der Waals surface area contributed by atoms with Crippen molar-refractivity contribution in [1.29, 1.82) is 0 Å².